The number of ether oxygens (including phenoxy) is 2. The van der Waals surface area contributed by atoms with E-state index in [-0.39, 0.29) is 4.90 Å². The molecule has 0 spiro atoms. The number of nitrogens with zero attached hydrogens (tertiary/aromatic N) is 1. The van der Waals surface area contributed by atoms with Crippen LogP contribution in [0.1, 0.15) is 12.5 Å². The van der Waals surface area contributed by atoms with Crippen LogP contribution in [0.5, 0.6) is 5.75 Å². The van der Waals surface area contributed by atoms with E-state index in [2.05, 4.69) is 5.32 Å². The molecule has 146 valence electrons. The maximum Gasteiger partial charge on any atom is 0.344 e. The van der Waals surface area contributed by atoms with E-state index in [0.717, 1.165) is 0 Å². The average Bonchev–Trinajstić information content (AvgIpc) is 2.66. The Morgan fingerprint density at radius 2 is 1.75 bits per heavy atom. The summed E-state index contributed by atoms with van der Waals surface area (Å²) in [4.78, 5) is 23.8. The van der Waals surface area contributed by atoms with E-state index in [1.165, 1.54) is 55.5 Å². The second-order valence-electron chi connectivity index (χ2n) is 5.62. The molecule has 2 aromatic rings. The minimum atomic E-state index is -3.83. The van der Waals surface area contributed by atoms with Crippen molar-refractivity contribution in [1.29, 1.82) is 5.26 Å². The molecule has 10 heteroatoms. The lowest BCUT2D eigenvalue weighted by atomic mass is 10.2. The number of nitrogens with one attached hydrogen (secondary N) is 1. The molecule has 1 amide bonds. The molecule has 1 atom stereocenters. The standard InChI is InChI=1S/C18H17N3O6S/c1-12(18(23)21-14-4-8-16(9-5-14)28(20,24)25)27-17(22)11-26-15-6-2-13(10-19)3-7-15/h2-9,12H,11H2,1H3,(H,21,23)(H2,20,24,25)/t12-/m0/s1. The Labute approximate surface area is 161 Å². The second kappa shape index (κ2) is 8.98. The highest BCUT2D eigenvalue weighted by molar-refractivity contribution is 7.89. The summed E-state index contributed by atoms with van der Waals surface area (Å²) < 4.78 is 32.6. The van der Waals surface area contributed by atoms with E-state index in [1.807, 2.05) is 6.07 Å². The third-order valence-electron chi connectivity index (χ3n) is 3.47. The Kier molecular flexibility index (Phi) is 6.70. The van der Waals surface area contributed by atoms with E-state index in [0.29, 0.717) is 17.0 Å². The van der Waals surface area contributed by atoms with Gasteiger partial charge in [-0.05, 0) is 55.5 Å². The van der Waals surface area contributed by atoms with Crippen molar-refractivity contribution in [3.05, 3.63) is 54.1 Å². The first kappa shape index (κ1) is 20.9. The number of esters is 1. The zero-order valence-corrected chi connectivity index (χ0v) is 15.6. The van der Waals surface area contributed by atoms with E-state index >= 15 is 0 Å². The van der Waals surface area contributed by atoms with Crippen LogP contribution in [0, 0.1) is 11.3 Å². The van der Waals surface area contributed by atoms with Crippen molar-refractivity contribution in [2.24, 2.45) is 5.14 Å². The molecule has 0 aliphatic rings. The van der Waals surface area contributed by atoms with Crippen LogP contribution in [-0.2, 0) is 24.3 Å². The van der Waals surface area contributed by atoms with Crippen LogP contribution in [0.15, 0.2) is 53.4 Å². The summed E-state index contributed by atoms with van der Waals surface area (Å²) in [7, 11) is -3.83. The first-order chi connectivity index (χ1) is 13.2. The lowest BCUT2D eigenvalue weighted by Gasteiger charge is -2.14. The topological polar surface area (TPSA) is 149 Å². The number of carbonyl (C=O) groups excluding carboxylic acids is 2. The Morgan fingerprint density at radius 1 is 1.14 bits per heavy atom. The van der Waals surface area contributed by atoms with Crippen LogP contribution >= 0.6 is 0 Å². The van der Waals surface area contributed by atoms with Gasteiger partial charge in [0.25, 0.3) is 5.91 Å². The summed E-state index contributed by atoms with van der Waals surface area (Å²) in [5.41, 5.74) is 0.770. The fourth-order valence-electron chi connectivity index (χ4n) is 2.02. The van der Waals surface area contributed by atoms with Crippen molar-refractivity contribution in [3.8, 4) is 11.8 Å². The number of rotatable bonds is 7. The number of hydrogen-bond acceptors (Lipinski definition) is 7. The molecule has 0 fully saturated rings. The molecule has 0 unspecified atom stereocenters. The Bertz CT molecular complexity index is 995. The molecular formula is C18H17N3O6S. The van der Waals surface area contributed by atoms with Gasteiger partial charge in [-0.3, -0.25) is 4.79 Å². The van der Waals surface area contributed by atoms with Gasteiger partial charge in [0.15, 0.2) is 12.7 Å². The maximum absolute atomic E-state index is 12.1. The van der Waals surface area contributed by atoms with E-state index in [9.17, 15) is 18.0 Å². The van der Waals surface area contributed by atoms with Gasteiger partial charge >= 0.3 is 5.97 Å². The SMILES string of the molecule is C[C@H](OC(=O)COc1ccc(C#N)cc1)C(=O)Nc1ccc(S(N)(=O)=O)cc1. The van der Waals surface area contributed by atoms with Gasteiger partial charge in [-0.2, -0.15) is 5.26 Å². The molecule has 0 aliphatic heterocycles. The van der Waals surface area contributed by atoms with Crippen molar-refractivity contribution in [2.75, 3.05) is 11.9 Å². The third kappa shape index (κ3) is 6.08. The lowest BCUT2D eigenvalue weighted by molar-refractivity contribution is -0.155. The summed E-state index contributed by atoms with van der Waals surface area (Å²) in [5.74, 6) is -0.977. The van der Waals surface area contributed by atoms with Gasteiger partial charge in [-0.25, -0.2) is 18.4 Å². The fraction of sp³-hybridized carbons (Fsp3) is 0.167. The fourth-order valence-corrected chi connectivity index (χ4v) is 2.54. The van der Waals surface area contributed by atoms with Gasteiger partial charge in [-0.15, -0.1) is 0 Å². The first-order valence-electron chi connectivity index (χ1n) is 7.95. The number of amides is 1. The number of hydrogen-bond donors (Lipinski definition) is 2. The van der Waals surface area contributed by atoms with Crippen molar-refractivity contribution >= 4 is 27.6 Å². The third-order valence-corrected chi connectivity index (χ3v) is 4.40. The normalized spacial score (nSPS) is 11.8. The van der Waals surface area contributed by atoms with Crippen molar-refractivity contribution in [3.63, 3.8) is 0 Å². The molecule has 3 N–H and O–H groups in total. The molecule has 0 aliphatic carbocycles. The van der Waals surface area contributed by atoms with Gasteiger partial charge in [0.05, 0.1) is 16.5 Å². The van der Waals surface area contributed by atoms with Crippen LogP contribution in [0.25, 0.3) is 0 Å². The lowest BCUT2D eigenvalue weighted by Crippen LogP contribution is -2.31. The number of anilines is 1. The van der Waals surface area contributed by atoms with Crippen LogP contribution < -0.4 is 15.2 Å². The van der Waals surface area contributed by atoms with Crippen molar-refractivity contribution in [2.45, 2.75) is 17.9 Å². The number of benzene rings is 2. The molecule has 0 aromatic heterocycles. The number of primary sulfonamides is 1. The number of nitrogens with two attached hydrogens (primary N) is 1. The summed E-state index contributed by atoms with van der Waals surface area (Å²) in [6, 6.07) is 13.3. The Hall–Kier alpha value is -3.42. The molecule has 0 radical (unpaired) electrons. The van der Waals surface area contributed by atoms with Gasteiger partial charge in [0.1, 0.15) is 5.75 Å². The van der Waals surface area contributed by atoms with E-state index in [4.69, 9.17) is 19.9 Å². The highest BCUT2D eigenvalue weighted by Crippen LogP contribution is 2.14. The van der Waals surface area contributed by atoms with Crippen molar-refractivity contribution in [1.82, 2.24) is 0 Å². The molecule has 2 rings (SSSR count). The van der Waals surface area contributed by atoms with E-state index in [1.54, 1.807) is 0 Å². The molecule has 0 saturated carbocycles. The Morgan fingerprint density at radius 3 is 2.29 bits per heavy atom. The predicted octanol–water partition coefficient (Wildman–Crippen LogP) is 1.15. The molecule has 0 heterocycles. The largest absolute Gasteiger partial charge is 0.482 e. The monoisotopic (exact) mass is 403 g/mol. The van der Waals surface area contributed by atoms with Gasteiger partial charge in [0, 0.05) is 5.69 Å². The van der Waals surface area contributed by atoms with Gasteiger partial charge < -0.3 is 14.8 Å². The van der Waals surface area contributed by atoms with Crippen LogP contribution in [-0.4, -0.2) is 33.0 Å². The van der Waals surface area contributed by atoms with Crippen molar-refractivity contribution < 1.29 is 27.5 Å². The van der Waals surface area contributed by atoms with Crippen LogP contribution in [0.2, 0.25) is 0 Å². The van der Waals surface area contributed by atoms with Crippen LogP contribution in [0.3, 0.4) is 0 Å². The zero-order valence-electron chi connectivity index (χ0n) is 14.8. The summed E-state index contributed by atoms with van der Waals surface area (Å²) in [5, 5.41) is 16.2. The molecular weight excluding hydrogens is 386 g/mol. The first-order valence-corrected chi connectivity index (χ1v) is 9.50. The molecule has 9 nitrogen and oxygen atoms in total. The second-order valence-corrected chi connectivity index (χ2v) is 7.18. The average molecular weight is 403 g/mol. The summed E-state index contributed by atoms with van der Waals surface area (Å²) in [6.07, 6.45) is -1.10. The maximum atomic E-state index is 12.1. The summed E-state index contributed by atoms with van der Waals surface area (Å²) >= 11 is 0. The predicted molar refractivity (Wildman–Crippen MR) is 98.7 cm³/mol. The summed E-state index contributed by atoms with van der Waals surface area (Å²) in [6.45, 7) is 0.972. The number of nitriles is 1. The number of carbonyl (C=O) groups is 2. The smallest absolute Gasteiger partial charge is 0.344 e. The number of sulfonamides is 1. The molecule has 0 saturated heterocycles. The Balaban J connectivity index is 1.83. The minimum Gasteiger partial charge on any atom is -0.482 e. The molecule has 28 heavy (non-hydrogen) atoms. The molecule has 0 bridgehead atoms. The van der Waals surface area contributed by atoms with E-state index < -0.39 is 34.6 Å². The van der Waals surface area contributed by atoms with Gasteiger partial charge in [0.2, 0.25) is 10.0 Å². The highest BCUT2D eigenvalue weighted by Gasteiger charge is 2.18. The minimum absolute atomic E-state index is 0.0927. The molecule has 2 aromatic carbocycles. The highest BCUT2D eigenvalue weighted by atomic mass is 32.2. The zero-order chi connectivity index (χ0) is 20.7. The van der Waals surface area contributed by atoms with Crippen LogP contribution in [0.4, 0.5) is 5.69 Å². The quantitative estimate of drug-likeness (QED) is 0.659. The van der Waals surface area contributed by atoms with Gasteiger partial charge in [-0.1, -0.05) is 0 Å².